The lowest BCUT2D eigenvalue weighted by Crippen LogP contribution is -2.38. The third-order valence-electron chi connectivity index (χ3n) is 5.28. The molecular formula is C22H28N2O3Si. The van der Waals surface area contributed by atoms with Gasteiger partial charge < -0.3 is 19.9 Å². The van der Waals surface area contributed by atoms with E-state index < -0.39 is 8.56 Å². The van der Waals surface area contributed by atoms with Gasteiger partial charge in [-0.1, -0.05) is 44.2 Å². The van der Waals surface area contributed by atoms with Gasteiger partial charge in [-0.25, -0.2) is 0 Å². The molecule has 0 bridgehead atoms. The molecule has 0 aliphatic heterocycles. The maximum absolute atomic E-state index is 12.4. The number of carbonyl (C=O) groups is 1. The van der Waals surface area contributed by atoms with Crippen LogP contribution in [0.2, 0.25) is 11.6 Å². The molecule has 0 unspecified atom stereocenters. The number of rotatable bonds is 8. The lowest BCUT2D eigenvalue weighted by Gasteiger charge is -2.21. The topological polar surface area (TPSA) is 85.3 Å². The molecule has 0 aliphatic carbocycles. The normalized spacial score (nSPS) is 11.9. The van der Waals surface area contributed by atoms with E-state index in [9.17, 15) is 14.4 Å². The molecule has 3 rings (SSSR count). The van der Waals surface area contributed by atoms with Gasteiger partial charge in [0.05, 0.1) is 0 Å². The maximum atomic E-state index is 12.4. The number of aromatic nitrogens is 1. The molecule has 2 aromatic carbocycles. The Kier molecular flexibility index (Phi) is 6.34. The van der Waals surface area contributed by atoms with E-state index in [4.69, 9.17) is 0 Å². The molecule has 0 saturated heterocycles. The van der Waals surface area contributed by atoms with Crippen molar-refractivity contribution in [2.75, 3.05) is 6.54 Å². The van der Waals surface area contributed by atoms with Crippen molar-refractivity contribution in [1.82, 2.24) is 10.3 Å². The fraction of sp³-hybridized carbons (Fsp3) is 0.318. The second-order valence-corrected chi connectivity index (χ2v) is 11.0. The second-order valence-electron chi connectivity index (χ2n) is 7.60. The van der Waals surface area contributed by atoms with Crippen LogP contribution in [0.15, 0.2) is 54.7 Å². The molecule has 0 atom stereocenters. The van der Waals surface area contributed by atoms with Gasteiger partial charge >= 0.3 is 8.56 Å². The summed E-state index contributed by atoms with van der Waals surface area (Å²) in [6.45, 7) is 4.26. The van der Waals surface area contributed by atoms with Crippen LogP contribution in [-0.2, 0) is 12.8 Å². The first-order valence-corrected chi connectivity index (χ1v) is 11.9. The lowest BCUT2D eigenvalue weighted by molar-refractivity contribution is 0.0954. The minimum atomic E-state index is -3.14. The molecule has 0 aliphatic rings. The quantitative estimate of drug-likeness (QED) is 0.440. The number of fused-ring (bicyclic) bond motifs is 1. The largest absolute Gasteiger partial charge is 0.410 e. The van der Waals surface area contributed by atoms with Gasteiger partial charge in [-0.05, 0) is 53.8 Å². The van der Waals surface area contributed by atoms with E-state index in [-0.39, 0.29) is 11.4 Å². The Morgan fingerprint density at radius 3 is 2.50 bits per heavy atom. The molecule has 5 nitrogen and oxygen atoms in total. The zero-order valence-electron chi connectivity index (χ0n) is 16.4. The van der Waals surface area contributed by atoms with Gasteiger partial charge in [0.2, 0.25) is 0 Å². The SMILES string of the molecule is CC(C)[Si](O)(O)CCc1ccc(C(=O)NCCc2c[nH]c3ccccc23)cc1. The number of hydrogen-bond donors (Lipinski definition) is 4. The molecule has 0 spiro atoms. The minimum Gasteiger partial charge on any atom is -0.410 e. The summed E-state index contributed by atoms with van der Waals surface area (Å²) in [6.07, 6.45) is 3.37. The fourth-order valence-corrected chi connectivity index (χ4v) is 4.42. The lowest BCUT2D eigenvalue weighted by atomic mass is 10.1. The van der Waals surface area contributed by atoms with Crippen LogP contribution in [0.25, 0.3) is 10.9 Å². The Bertz CT molecular complexity index is 932. The van der Waals surface area contributed by atoms with Gasteiger partial charge in [0, 0.05) is 29.2 Å². The summed E-state index contributed by atoms with van der Waals surface area (Å²) < 4.78 is 0. The van der Waals surface area contributed by atoms with E-state index in [1.54, 1.807) is 12.1 Å². The van der Waals surface area contributed by atoms with Crippen LogP contribution in [0.4, 0.5) is 0 Å². The Balaban J connectivity index is 1.50. The second kappa shape index (κ2) is 8.73. The Labute approximate surface area is 166 Å². The first-order valence-electron chi connectivity index (χ1n) is 9.73. The third-order valence-corrected chi connectivity index (χ3v) is 8.11. The highest BCUT2D eigenvalue weighted by Gasteiger charge is 2.32. The molecule has 1 aromatic heterocycles. The zero-order valence-corrected chi connectivity index (χ0v) is 17.4. The zero-order chi connectivity index (χ0) is 20.1. The fourth-order valence-electron chi connectivity index (χ4n) is 3.19. The number of benzene rings is 2. The summed E-state index contributed by atoms with van der Waals surface area (Å²) >= 11 is 0. The number of H-pyrrole nitrogens is 1. The van der Waals surface area contributed by atoms with Gasteiger partial charge in [-0.15, -0.1) is 0 Å². The minimum absolute atomic E-state index is 0.0882. The highest BCUT2D eigenvalue weighted by Crippen LogP contribution is 2.21. The number of amides is 1. The number of aromatic amines is 1. The smallest absolute Gasteiger partial charge is 0.335 e. The molecular weight excluding hydrogens is 368 g/mol. The van der Waals surface area contributed by atoms with Crippen LogP contribution in [0.3, 0.4) is 0 Å². The summed E-state index contributed by atoms with van der Waals surface area (Å²) in [4.78, 5) is 35.7. The summed E-state index contributed by atoms with van der Waals surface area (Å²) in [7, 11) is -3.14. The van der Waals surface area contributed by atoms with E-state index in [1.165, 1.54) is 10.9 Å². The highest BCUT2D eigenvalue weighted by molar-refractivity contribution is 6.66. The Hall–Kier alpha value is -2.41. The van der Waals surface area contributed by atoms with E-state index in [2.05, 4.69) is 16.4 Å². The van der Waals surface area contributed by atoms with Crippen molar-refractivity contribution in [3.8, 4) is 0 Å². The van der Waals surface area contributed by atoms with Gasteiger partial charge in [-0.2, -0.15) is 0 Å². The predicted molar refractivity (Wildman–Crippen MR) is 115 cm³/mol. The summed E-state index contributed by atoms with van der Waals surface area (Å²) in [5.41, 5.74) is 3.83. The predicted octanol–water partition coefficient (Wildman–Crippen LogP) is 3.52. The van der Waals surface area contributed by atoms with Gasteiger partial charge in [0.1, 0.15) is 0 Å². The monoisotopic (exact) mass is 396 g/mol. The molecule has 28 heavy (non-hydrogen) atoms. The number of hydrogen-bond acceptors (Lipinski definition) is 3. The molecule has 0 fully saturated rings. The summed E-state index contributed by atoms with van der Waals surface area (Å²) in [5.74, 6) is -0.0957. The van der Waals surface area contributed by atoms with Crippen LogP contribution in [0.1, 0.15) is 35.3 Å². The van der Waals surface area contributed by atoms with E-state index in [0.717, 1.165) is 17.5 Å². The van der Waals surface area contributed by atoms with Gasteiger partial charge in [0.15, 0.2) is 0 Å². The molecule has 1 heterocycles. The molecule has 3 aromatic rings. The van der Waals surface area contributed by atoms with Crippen molar-refractivity contribution < 1.29 is 14.4 Å². The van der Waals surface area contributed by atoms with Crippen molar-refractivity contribution in [3.05, 3.63) is 71.4 Å². The third kappa shape index (κ3) is 4.89. The number of nitrogens with one attached hydrogen (secondary N) is 2. The van der Waals surface area contributed by atoms with Crippen LogP contribution in [0, 0.1) is 0 Å². The van der Waals surface area contributed by atoms with Crippen molar-refractivity contribution in [1.29, 1.82) is 0 Å². The van der Waals surface area contributed by atoms with Crippen LogP contribution >= 0.6 is 0 Å². The first-order chi connectivity index (χ1) is 13.4. The van der Waals surface area contributed by atoms with Crippen molar-refractivity contribution >= 4 is 25.4 Å². The van der Waals surface area contributed by atoms with E-state index >= 15 is 0 Å². The van der Waals surface area contributed by atoms with Crippen molar-refractivity contribution in [2.24, 2.45) is 0 Å². The van der Waals surface area contributed by atoms with Crippen molar-refractivity contribution in [2.45, 2.75) is 38.3 Å². The summed E-state index contributed by atoms with van der Waals surface area (Å²) in [5, 5.41) is 4.16. The number of carbonyl (C=O) groups excluding carboxylic acids is 1. The molecule has 0 saturated carbocycles. The van der Waals surface area contributed by atoms with Gasteiger partial charge in [-0.3, -0.25) is 4.79 Å². The van der Waals surface area contributed by atoms with Crippen molar-refractivity contribution in [3.63, 3.8) is 0 Å². The Morgan fingerprint density at radius 1 is 1.07 bits per heavy atom. The average molecular weight is 397 g/mol. The van der Waals surface area contributed by atoms with Crippen LogP contribution in [0.5, 0.6) is 0 Å². The first kappa shape index (κ1) is 20.3. The molecule has 6 heteroatoms. The standard InChI is InChI=1S/C22H28N2O3Si/c1-16(2)28(26,27)14-12-17-7-9-18(10-8-17)22(25)23-13-11-19-15-24-21-6-4-3-5-20(19)21/h3-10,15-16,24,26-27H,11-14H2,1-2H3,(H,23,25). The van der Waals surface area contributed by atoms with E-state index in [1.807, 2.05) is 50.4 Å². The molecule has 1 amide bonds. The van der Waals surface area contributed by atoms with Gasteiger partial charge in [0.25, 0.3) is 5.91 Å². The Morgan fingerprint density at radius 2 is 1.79 bits per heavy atom. The highest BCUT2D eigenvalue weighted by atomic mass is 28.4. The van der Waals surface area contributed by atoms with Crippen LogP contribution < -0.4 is 5.32 Å². The average Bonchev–Trinajstić information content (AvgIpc) is 3.10. The number of aryl methyl sites for hydroxylation is 1. The molecule has 4 N–H and O–H groups in total. The number of para-hydroxylation sites is 1. The van der Waals surface area contributed by atoms with E-state index in [0.29, 0.717) is 24.6 Å². The maximum Gasteiger partial charge on any atom is 0.335 e. The molecule has 0 radical (unpaired) electrons. The molecule has 148 valence electrons. The summed E-state index contributed by atoms with van der Waals surface area (Å²) in [6, 6.07) is 15.9. The van der Waals surface area contributed by atoms with Crippen LogP contribution in [-0.4, -0.2) is 35.6 Å².